The highest BCUT2D eigenvalue weighted by atomic mass is 79.9. The van der Waals surface area contributed by atoms with E-state index in [1.807, 2.05) is 6.07 Å². The van der Waals surface area contributed by atoms with E-state index in [-0.39, 0.29) is 0 Å². The summed E-state index contributed by atoms with van der Waals surface area (Å²) in [7, 11) is 0. The molecule has 0 bridgehead atoms. The number of anilines is 1. The molecule has 2 N–H and O–H groups in total. The molecule has 3 nitrogen and oxygen atoms in total. The second-order valence-electron chi connectivity index (χ2n) is 3.30. The van der Waals surface area contributed by atoms with Gasteiger partial charge in [-0.15, -0.1) is 0 Å². The van der Waals surface area contributed by atoms with Crippen LogP contribution < -0.4 is 5.73 Å². The summed E-state index contributed by atoms with van der Waals surface area (Å²) in [6.07, 6.45) is 1.80. The first kappa shape index (κ1) is 11.8. The van der Waals surface area contributed by atoms with E-state index in [1.54, 1.807) is 23.0 Å². The SMILES string of the molecule is Nc1nn(Cc2cc(Cl)ccc2Cl)cc1Br. The lowest BCUT2D eigenvalue weighted by molar-refractivity contribution is 0.690. The number of halogens is 3. The fraction of sp³-hybridized carbons (Fsp3) is 0.100. The zero-order valence-corrected chi connectivity index (χ0v) is 11.2. The Bertz CT molecular complexity index is 505. The van der Waals surface area contributed by atoms with Crippen molar-refractivity contribution in [1.29, 1.82) is 0 Å². The molecule has 0 unspecified atom stereocenters. The molecule has 0 saturated carbocycles. The van der Waals surface area contributed by atoms with Crippen LogP contribution in [0.1, 0.15) is 5.56 Å². The van der Waals surface area contributed by atoms with Crippen molar-refractivity contribution in [2.75, 3.05) is 5.73 Å². The number of nitrogens with zero attached hydrogens (tertiary/aromatic N) is 2. The number of benzene rings is 1. The molecule has 0 amide bonds. The lowest BCUT2D eigenvalue weighted by atomic mass is 10.2. The quantitative estimate of drug-likeness (QED) is 0.919. The Morgan fingerprint density at radius 3 is 2.75 bits per heavy atom. The fourth-order valence-electron chi connectivity index (χ4n) is 1.33. The number of aromatic nitrogens is 2. The van der Waals surface area contributed by atoms with Crippen LogP contribution in [0.4, 0.5) is 5.82 Å². The molecule has 2 rings (SSSR count). The maximum Gasteiger partial charge on any atom is 0.159 e. The normalized spacial score (nSPS) is 10.7. The van der Waals surface area contributed by atoms with Gasteiger partial charge in [0.15, 0.2) is 5.82 Å². The molecule has 0 fully saturated rings. The summed E-state index contributed by atoms with van der Waals surface area (Å²) in [6.45, 7) is 0.537. The summed E-state index contributed by atoms with van der Waals surface area (Å²) >= 11 is 15.2. The van der Waals surface area contributed by atoms with Crippen LogP contribution in [0.5, 0.6) is 0 Å². The zero-order chi connectivity index (χ0) is 11.7. The van der Waals surface area contributed by atoms with Crippen molar-refractivity contribution < 1.29 is 0 Å². The molecule has 0 saturated heterocycles. The van der Waals surface area contributed by atoms with Gasteiger partial charge in [0.25, 0.3) is 0 Å². The molecule has 6 heteroatoms. The maximum atomic E-state index is 6.05. The number of hydrogen-bond acceptors (Lipinski definition) is 2. The molecule has 1 aromatic carbocycles. The van der Waals surface area contributed by atoms with Gasteiger partial charge in [-0.05, 0) is 39.7 Å². The Morgan fingerprint density at radius 1 is 1.38 bits per heavy atom. The van der Waals surface area contributed by atoms with Gasteiger partial charge in [0, 0.05) is 16.2 Å². The molecule has 0 aliphatic carbocycles. The van der Waals surface area contributed by atoms with E-state index in [0.717, 1.165) is 10.0 Å². The second kappa shape index (κ2) is 4.65. The monoisotopic (exact) mass is 319 g/mol. The molecule has 0 aliphatic rings. The van der Waals surface area contributed by atoms with Gasteiger partial charge in [-0.1, -0.05) is 23.2 Å². The first-order valence-corrected chi connectivity index (χ1v) is 6.03. The number of rotatable bonds is 2. The van der Waals surface area contributed by atoms with Gasteiger partial charge in [-0.25, -0.2) is 0 Å². The van der Waals surface area contributed by atoms with Crippen molar-refractivity contribution >= 4 is 44.9 Å². The second-order valence-corrected chi connectivity index (χ2v) is 4.99. The maximum absolute atomic E-state index is 6.05. The van der Waals surface area contributed by atoms with Crippen molar-refractivity contribution in [2.24, 2.45) is 0 Å². The minimum atomic E-state index is 0.457. The van der Waals surface area contributed by atoms with Gasteiger partial charge >= 0.3 is 0 Å². The van der Waals surface area contributed by atoms with Crippen LogP contribution in [0.3, 0.4) is 0 Å². The van der Waals surface area contributed by atoms with Crippen LogP contribution in [0.15, 0.2) is 28.9 Å². The predicted octanol–water partition coefficient (Wildman–Crippen LogP) is 3.58. The molecule has 0 atom stereocenters. The van der Waals surface area contributed by atoms with E-state index in [0.29, 0.717) is 22.4 Å². The Labute approximate surface area is 111 Å². The largest absolute Gasteiger partial charge is 0.381 e. The van der Waals surface area contributed by atoms with Gasteiger partial charge in [-0.3, -0.25) is 4.68 Å². The highest BCUT2D eigenvalue weighted by Crippen LogP contribution is 2.23. The molecular weight excluding hydrogens is 313 g/mol. The van der Waals surface area contributed by atoms with E-state index in [9.17, 15) is 0 Å². The average Bonchev–Trinajstić information content (AvgIpc) is 2.52. The summed E-state index contributed by atoms with van der Waals surface area (Å²) in [5.41, 5.74) is 6.53. The van der Waals surface area contributed by atoms with Crippen LogP contribution in [0.25, 0.3) is 0 Å². The van der Waals surface area contributed by atoms with Crippen molar-refractivity contribution in [3.63, 3.8) is 0 Å². The first-order chi connectivity index (χ1) is 7.56. The minimum absolute atomic E-state index is 0.457. The standard InChI is InChI=1S/C10H8BrCl2N3/c11-8-5-16(15-10(8)14)4-6-3-7(12)1-2-9(6)13/h1-3,5H,4H2,(H2,14,15). The van der Waals surface area contributed by atoms with Crippen molar-refractivity contribution in [3.8, 4) is 0 Å². The van der Waals surface area contributed by atoms with Gasteiger partial charge in [-0.2, -0.15) is 5.10 Å². The number of nitrogens with two attached hydrogens (primary N) is 1. The zero-order valence-electron chi connectivity index (χ0n) is 8.12. The molecular formula is C10H8BrCl2N3. The lowest BCUT2D eigenvalue weighted by Gasteiger charge is -2.04. The molecule has 0 radical (unpaired) electrons. The fourth-order valence-corrected chi connectivity index (χ4v) is 2.02. The first-order valence-electron chi connectivity index (χ1n) is 4.48. The highest BCUT2D eigenvalue weighted by molar-refractivity contribution is 9.10. The van der Waals surface area contributed by atoms with Crippen LogP contribution in [-0.2, 0) is 6.54 Å². The van der Waals surface area contributed by atoms with Crippen LogP contribution in [0, 0.1) is 0 Å². The van der Waals surface area contributed by atoms with Gasteiger partial charge in [0.2, 0.25) is 0 Å². The molecule has 2 aromatic rings. The number of nitrogen functional groups attached to an aromatic ring is 1. The third-order valence-corrected chi connectivity index (χ3v) is 3.30. The molecule has 0 aliphatic heterocycles. The Hall–Kier alpha value is -0.710. The van der Waals surface area contributed by atoms with Crippen LogP contribution >= 0.6 is 39.1 Å². The predicted molar refractivity (Wildman–Crippen MR) is 69.9 cm³/mol. The average molecular weight is 321 g/mol. The van der Waals surface area contributed by atoms with Crippen molar-refractivity contribution in [3.05, 3.63) is 44.5 Å². The highest BCUT2D eigenvalue weighted by Gasteiger charge is 2.06. The number of hydrogen-bond donors (Lipinski definition) is 1. The molecule has 0 spiro atoms. The van der Waals surface area contributed by atoms with Crippen LogP contribution in [-0.4, -0.2) is 9.78 Å². The van der Waals surface area contributed by atoms with E-state index in [4.69, 9.17) is 28.9 Å². The Kier molecular flexibility index (Phi) is 3.42. The molecule has 1 aromatic heterocycles. The molecule has 16 heavy (non-hydrogen) atoms. The summed E-state index contributed by atoms with van der Waals surface area (Å²) in [4.78, 5) is 0. The summed E-state index contributed by atoms with van der Waals surface area (Å²) < 4.78 is 2.47. The third kappa shape index (κ3) is 2.51. The van der Waals surface area contributed by atoms with E-state index in [1.165, 1.54) is 0 Å². The Morgan fingerprint density at radius 2 is 2.12 bits per heavy atom. The Balaban J connectivity index is 2.29. The topological polar surface area (TPSA) is 43.8 Å². The van der Waals surface area contributed by atoms with Gasteiger partial charge < -0.3 is 5.73 Å². The smallest absolute Gasteiger partial charge is 0.159 e. The van der Waals surface area contributed by atoms with Crippen molar-refractivity contribution in [2.45, 2.75) is 6.54 Å². The third-order valence-electron chi connectivity index (χ3n) is 2.08. The summed E-state index contributed by atoms with van der Waals surface area (Å²) in [6, 6.07) is 5.33. The van der Waals surface area contributed by atoms with E-state index < -0.39 is 0 Å². The molecule has 84 valence electrons. The molecule has 1 heterocycles. The van der Waals surface area contributed by atoms with Crippen molar-refractivity contribution in [1.82, 2.24) is 9.78 Å². The van der Waals surface area contributed by atoms with Gasteiger partial charge in [0.05, 0.1) is 11.0 Å². The van der Waals surface area contributed by atoms with E-state index >= 15 is 0 Å². The van der Waals surface area contributed by atoms with E-state index in [2.05, 4.69) is 21.0 Å². The minimum Gasteiger partial charge on any atom is -0.381 e. The summed E-state index contributed by atoms with van der Waals surface area (Å²) in [5.74, 6) is 0.457. The lowest BCUT2D eigenvalue weighted by Crippen LogP contribution is -2.01. The van der Waals surface area contributed by atoms with Gasteiger partial charge in [0.1, 0.15) is 0 Å². The summed E-state index contributed by atoms with van der Waals surface area (Å²) in [5, 5.41) is 5.44. The van der Waals surface area contributed by atoms with Crippen LogP contribution in [0.2, 0.25) is 10.0 Å².